The third-order valence-corrected chi connectivity index (χ3v) is 5.42. The van der Waals surface area contributed by atoms with Gasteiger partial charge < -0.3 is 9.64 Å². The molecule has 0 aliphatic carbocycles. The number of Topliss-reactive ketones (excluding diaryl/α,β-unsaturated/α-hetero) is 1. The molecular formula is C25H27NO4. The van der Waals surface area contributed by atoms with E-state index in [4.69, 9.17) is 4.74 Å². The van der Waals surface area contributed by atoms with Crippen molar-refractivity contribution in [3.05, 3.63) is 77.9 Å². The number of ether oxygens (including phenoxy) is 1. The molecule has 1 unspecified atom stereocenters. The maximum absolute atomic E-state index is 12.9. The minimum atomic E-state index is -0.841. The Morgan fingerprint density at radius 3 is 2.37 bits per heavy atom. The van der Waals surface area contributed by atoms with E-state index in [0.29, 0.717) is 31.4 Å². The van der Waals surface area contributed by atoms with E-state index >= 15 is 0 Å². The van der Waals surface area contributed by atoms with Gasteiger partial charge in [-0.1, -0.05) is 72.8 Å². The molecule has 1 saturated heterocycles. The molecule has 0 saturated carbocycles. The lowest BCUT2D eigenvalue weighted by Crippen LogP contribution is -2.52. The first-order valence-electron chi connectivity index (χ1n) is 10.3. The van der Waals surface area contributed by atoms with Crippen LogP contribution in [0.4, 0.5) is 0 Å². The third-order valence-electron chi connectivity index (χ3n) is 5.42. The van der Waals surface area contributed by atoms with E-state index < -0.39 is 17.1 Å². The molecule has 30 heavy (non-hydrogen) atoms. The molecule has 0 N–H and O–H groups in total. The molecule has 1 heterocycles. The Bertz CT molecular complexity index is 907. The van der Waals surface area contributed by atoms with Gasteiger partial charge >= 0.3 is 5.97 Å². The number of hydrogen-bond acceptors (Lipinski definition) is 4. The summed E-state index contributed by atoms with van der Waals surface area (Å²) in [5.74, 6) is -1.43. The van der Waals surface area contributed by atoms with Crippen LogP contribution in [-0.4, -0.2) is 42.3 Å². The molecule has 3 rings (SSSR count). The molecule has 1 fully saturated rings. The van der Waals surface area contributed by atoms with Gasteiger partial charge in [-0.05, 0) is 31.7 Å². The maximum Gasteiger partial charge on any atom is 0.314 e. The summed E-state index contributed by atoms with van der Waals surface area (Å²) >= 11 is 0. The number of hydrogen-bond donors (Lipinski definition) is 0. The monoisotopic (exact) mass is 405 g/mol. The van der Waals surface area contributed by atoms with Crippen molar-refractivity contribution in [1.82, 2.24) is 4.90 Å². The van der Waals surface area contributed by atoms with Crippen LogP contribution in [0.3, 0.4) is 0 Å². The fraction of sp³-hybridized carbons (Fsp3) is 0.320. The largest absolute Gasteiger partial charge is 0.466 e. The minimum absolute atomic E-state index is 0.183. The van der Waals surface area contributed by atoms with Crippen LogP contribution >= 0.6 is 0 Å². The molecule has 1 amide bonds. The van der Waals surface area contributed by atoms with Gasteiger partial charge in [0.2, 0.25) is 5.78 Å². The zero-order valence-corrected chi connectivity index (χ0v) is 17.3. The van der Waals surface area contributed by atoms with Crippen LogP contribution in [0, 0.1) is 5.41 Å². The predicted molar refractivity (Wildman–Crippen MR) is 116 cm³/mol. The minimum Gasteiger partial charge on any atom is -0.466 e. The highest BCUT2D eigenvalue weighted by Crippen LogP contribution is 2.36. The van der Waals surface area contributed by atoms with Crippen molar-refractivity contribution < 1.29 is 19.1 Å². The second-order valence-corrected chi connectivity index (χ2v) is 7.54. The summed E-state index contributed by atoms with van der Waals surface area (Å²) < 4.78 is 5.36. The fourth-order valence-corrected chi connectivity index (χ4v) is 3.85. The number of carbonyl (C=O) groups is 3. The van der Waals surface area contributed by atoms with E-state index in [-0.39, 0.29) is 19.1 Å². The van der Waals surface area contributed by atoms with Crippen molar-refractivity contribution >= 4 is 23.7 Å². The number of ketones is 1. The Morgan fingerprint density at radius 1 is 1.03 bits per heavy atom. The number of benzene rings is 2. The second kappa shape index (κ2) is 10.0. The molecule has 5 heteroatoms. The summed E-state index contributed by atoms with van der Waals surface area (Å²) in [6, 6.07) is 18.4. The predicted octanol–water partition coefficient (Wildman–Crippen LogP) is 4.14. The molecule has 0 radical (unpaired) electrons. The zero-order valence-electron chi connectivity index (χ0n) is 17.3. The molecule has 0 bridgehead atoms. The normalized spacial score (nSPS) is 18.9. The molecule has 1 aliphatic rings. The van der Waals surface area contributed by atoms with Crippen LogP contribution in [0.5, 0.6) is 0 Å². The van der Waals surface area contributed by atoms with E-state index in [1.807, 2.05) is 42.5 Å². The summed E-state index contributed by atoms with van der Waals surface area (Å²) in [6.07, 6.45) is 5.64. The van der Waals surface area contributed by atoms with Crippen LogP contribution in [-0.2, 0) is 14.3 Å². The van der Waals surface area contributed by atoms with Crippen molar-refractivity contribution in [1.29, 1.82) is 0 Å². The maximum atomic E-state index is 12.9. The highest BCUT2D eigenvalue weighted by atomic mass is 16.5. The van der Waals surface area contributed by atoms with Crippen molar-refractivity contribution in [3.8, 4) is 0 Å². The van der Waals surface area contributed by atoms with Gasteiger partial charge in [0.1, 0.15) is 0 Å². The highest BCUT2D eigenvalue weighted by molar-refractivity contribution is 6.42. The van der Waals surface area contributed by atoms with Crippen LogP contribution in [0.1, 0.15) is 42.1 Å². The smallest absolute Gasteiger partial charge is 0.314 e. The van der Waals surface area contributed by atoms with Gasteiger partial charge in [-0.3, -0.25) is 14.4 Å². The van der Waals surface area contributed by atoms with Gasteiger partial charge in [-0.2, -0.15) is 0 Å². The average molecular weight is 405 g/mol. The quantitative estimate of drug-likeness (QED) is 0.394. The van der Waals surface area contributed by atoms with Gasteiger partial charge in [0.05, 0.1) is 12.0 Å². The number of carbonyl (C=O) groups excluding carboxylic acids is 3. The first kappa shape index (κ1) is 21.5. The number of allylic oxidation sites excluding steroid dienone is 1. The fourth-order valence-electron chi connectivity index (χ4n) is 3.85. The van der Waals surface area contributed by atoms with Gasteiger partial charge in [-0.25, -0.2) is 0 Å². The molecule has 1 aliphatic heterocycles. The van der Waals surface area contributed by atoms with Gasteiger partial charge in [0.15, 0.2) is 0 Å². The Hall–Kier alpha value is -3.21. The van der Waals surface area contributed by atoms with E-state index in [0.717, 1.165) is 5.56 Å². The highest BCUT2D eigenvalue weighted by Gasteiger charge is 2.44. The molecule has 2 aromatic carbocycles. The van der Waals surface area contributed by atoms with Gasteiger partial charge in [-0.15, -0.1) is 0 Å². The molecule has 156 valence electrons. The molecular weight excluding hydrogens is 378 g/mol. The van der Waals surface area contributed by atoms with E-state index in [1.165, 1.54) is 4.90 Å². The average Bonchev–Trinajstić information content (AvgIpc) is 2.79. The summed E-state index contributed by atoms with van der Waals surface area (Å²) in [6.45, 7) is 2.69. The van der Waals surface area contributed by atoms with E-state index in [2.05, 4.69) is 0 Å². The zero-order chi connectivity index (χ0) is 21.4. The number of piperidine rings is 1. The molecule has 5 nitrogen and oxygen atoms in total. The topological polar surface area (TPSA) is 63.7 Å². The third kappa shape index (κ3) is 5.03. The van der Waals surface area contributed by atoms with Crippen molar-refractivity contribution in [3.63, 3.8) is 0 Å². The summed E-state index contributed by atoms with van der Waals surface area (Å²) in [7, 11) is 0. The van der Waals surface area contributed by atoms with Crippen molar-refractivity contribution in [2.75, 3.05) is 19.7 Å². The molecule has 0 spiro atoms. The van der Waals surface area contributed by atoms with E-state index in [1.54, 1.807) is 37.3 Å². The Kier molecular flexibility index (Phi) is 7.17. The first-order valence-corrected chi connectivity index (χ1v) is 10.3. The van der Waals surface area contributed by atoms with Crippen LogP contribution in [0.25, 0.3) is 6.08 Å². The Morgan fingerprint density at radius 2 is 1.70 bits per heavy atom. The Labute approximate surface area is 177 Å². The molecule has 0 aromatic heterocycles. The van der Waals surface area contributed by atoms with Gasteiger partial charge in [0.25, 0.3) is 5.91 Å². The Balaban J connectivity index is 1.78. The van der Waals surface area contributed by atoms with Crippen LogP contribution in [0.2, 0.25) is 0 Å². The van der Waals surface area contributed by atoms with Gasteiger partial charge in [0, 0.05) is 18.7 Å². The number of rotatable bonds is 7. The second-order valence-electron chi connectivity index (χ2n) is 7.54. The lowest BCUT2D eigenvalue weighted by molar-refractivity contribution is -0.160. The summed E-state index contributed by atoms with van der Waals surface area (Å²) in [5.41, 5.74) is 0.560. The lowest BCUT2D eigenvalue weighted by Gasteiger charge is -2.40. The summed E-state index contributed by atoms with van der Waals surface area (Å²) in [5, 5.41) is 0. The first-order chi connectivity index (χ1) is 14.6. The lowest BCUT2D eigenvalue weighted by atomic mass is 9.76. The van der Waals surface area contributed by atoms with Crippen molar-refractivity contribution in [2.24, 2.45) is 5.41 Å². The standard InChI is InChI=1S/C25H27NO4/c1-2-30-24(29)25(16-9-13-20-11-5-3-6-12-20)17-10-18-26(19-25)23(28)22(27)21-14-7-4-8-15-21/h3-9,11-15H,2,10,16-19H2,1H3/b13-9+. The summed E-state index contributed by atoms with van der Waals surface area (Å²) in [4.78, 5) is 39.9. The van der Waals surface area contributed by atoms with E-state index in [9.17, 15) is 14.4 Å². The number of esters is 1. The number of likely N-dealkylation sites (tertiary alicyclic amines) is 1. The van der Waals surface area contributed by atoms with Crippen LogP contribution < -0.4 is 0 Å². The molecule has 1 atom stereocenters. The molecule has 2 aromatic rings. The van der Waals surface area contributed by atoms with Crippen molar-refractivity contribution in [2.45, 2.75) is 26.2 Å². The van der Waals surface area contributed by atoms with Crippen LogP contribution in [0.15, 0.2) is 66.7 Å². The number of amides is 1. The number of nitrogens with zero attached hydrogens (tertiary/aromatic N) is 1. The SMILES string of the molecule is CCOC(=O)C1(C/C=C/c2ccccc2)CCCN(C(=O)C(=O)c2ccccc2)C1.